The summed E-state index contributed by atoms with van der Waals surface area (Å²) in [6.07, 6.45) is 3.81. The summed E-state index contributed by atoms with van der Waals surface area (Å²) in [5.41, 5.74) is 1.82. The molecule has 3 heterocycles. The van der Waals surface area contributed by atoms with E-state index in [4.69, 9.17) is 11.6 Å². The third-order valence-corrected chi connectivity index (χ3v) is 6.95. The summed E-state index contributed by atoms with van der Waals surface area (Å²) < 4.78 is 30.1. The van der Waals surface area contributed by atoms with Gasteiger partial charge in [0.25, 0.3) is 10.2 Å². The minimum absolute atomic E-state index is 0.503. The number of rotatable bonds is 6. The molecule has 9 heteroatoms. The topological polar surface area (TPSA) is 61.2 Å². The molecule has 138 valence electrons. The van der Waals surface area contributed by atoms with Gasteiger partial charge in [0.1, 0.15) is 5.65 Å². The predicted octanol–water partition coefficient (Wildman–Crippen LogP) is 1.69. The lowest BCUT2D eigenvalue weighted by atomic mass is 10.3. The largest absolute Gasteiger partial charge is 0.305 e. The van der Waals surface area contributed by atoms with Gasteiger partial charge in [-0.3, -0.25) is 4.90 Å². The zero-order valence-electron chi connectivity index (χ0n) is 14.6. The van der Waals surface area contributed by atoms with Gasteiger partial charge in [-0.15, -0.1) is 0 Å². The fourth-order valence-corrected chi connectivity index (χ4v) is 4.93. The number of halogens is 1. The van der Waals surface area contributed by atoms with Crippen LogP contribution >= 0.6 is 11.6 Å². The normalized spacial score (nSPS) is 17.6. The van der Waals surface area contributed by atoms with E-state index in [2.05, 4.69) is 9.88 Å². The molecule has 7 nitrogen and oxygen atoms in total. The van der Waals surface area contributed by atoms with Crippen molar-refractivity contribution in [1.82, 2.24) is 22.9 Å². The van der Waals surface area contributed by atoms with Gasteiger partial charge in [0.2, 0.25) is 0 Å². The third-order valence-electron chi connectivity index (χ3n) is 4.54. The van der Waals surface area contributed by atoms with E-state index in [1.807, 2.05) is 42.8 Å². The summed E-state index contributed by atoms with van der Waals surface area (Å²) >= 11 is 6.00. The number of hydrogen-bond acceptors (Lipinski definition) is 4. The van der Waals surface area contributed by atoms with Gasteiger partial charge in [0, 0.05) is 58.2 Å². The van der Waals surface area contributed by atoms with Crippen molar-refractivity contribution in [2.45, 2.75) is 20.4 Å². The highest BCUT2D eigenvalue weighted by atomic mass is 35.5. The highest BCUT2D eigenvalue weighted by molar-refractivity contribution is 7.86. The van der Waals surface area contributed by atoms with Crippen molar-refractivity contribution in [3.05, 3.63) is 35.2 Å². The summed E-state index contributed by atoms with van der Waals surface area (Å²) in [5.74, 6) is 0. The van der Waals surface area contributed by atoms with Gasteiger partial charge in [-0.2, -0.15) is 17.0 Å². The van der Waals surface area contributed by atoms with Crippen molar-refractivity contribution in [3.8, 4) is 0 Å². The van der Waals surface area contributed by atoms with Crippen molar-refractivity contribution < 1.29 is 8.42 Å². The first-order valence-corrected chi connectivity index (χ1v) is 10.3. The quantitative estimate of drug-likeness (QED) is 0.759. The van der Waals surface area contributed by atoms with Crippen LogP contribution in [0.5, 0.6) is 0 Å². The zero-order chi connectivity index (χ0) is 18.0. The number of imidazole rings is 1. The van der Waals surface area contributed by atoms with Gasteiger partial charge in [-0.05, 0) is 12.1 Å². The van der Waals surface area contributed by atoms with E-state index < -0.39 is 10.2 Å². The molecule has 1 aliphatic heterocycles. The Labute approximate surface area is 154 Å². The van der Waals surface area contributed by atoms with E-state index in [0.29, 0.717) is 50.8 Å². The molecule has 0 saturated carbocycles. The molecule has 2 aromatic heterocycles. The monoisotopic (exact) mass is 385 g/mol. The molecule has 0 spiro atoms. The van der Waals surface area contributed by atoms with Gasteiger partial charge in [-0.1, -0.05) is 25.4 Å². The highest BCUT2D eigenvalue weighted by Crippen LogP contribution is 2.16. The number of piperazine rings is 1. The van der Waals surface area contributed by atoms with E-state index in [-0.39, 0.29) is 0 Å². The Morgan fingerprint density at radius 2 is 1.80 bits per heavy atom. The Hall–Kier alpha value is -1.19. The molecule has 1 saturated heterocycles. The molecule has 1 fully saturated rings. The average molecular weight is 386 g/mol. The van der Waals surface area contributed by atoms with Crippen LogP contribution in [-0.4, -0.2) is 70.6 Å². The van der Waals surface area contributed by atoms with Gasteiger partial charge < -0.3 is 4.40 Å². The molecule has 0 atom stereocenters. The molecule has 0 radical (unpaired) electrons. The fraction of sp³-hybridized carbons (Fsp3) is 0.562. The van der Waals surface area contributed by atoms with Crippen LogP contribution in [0.3, 0.4) is 0 Å². The Balaban J connectivity index is 1.62. The number of pyridine rings is 1. The van der Waals surface area contributed by atoms with Crippen LogP contribution in [0.15, 0.2) is 24.5 Å². The van der Waals surface area contributed by atoms with Crippen molar-refractivity contribution in [3.63, 3.8) is 0 Å². The Morgan fingerprint density at radius 3 is 2.44 bits per heavy atom. The summed E-state index contributed by atoms with van der Waals surface area (Å²) in [7, 11) is -3.34. The Kier molecular flexibility index (Phi) is 5.65. The summed E-state index contributed by atoms with van der Waals surface area (Å²) in [4.78, 5) is 6.83. The van der Waals surface area contributed by atoms with E-state index in [9.17, 15) is 8.42 Å². The van der Waals surface area contributed by atoms with Crippen LogP contribution in [0.1, 0.15) is 19.5 Å². The maximum Gasteiger partial charge on any atom is 0.282 e. The smallest absolute Gasteiger partial charge is 0.282 e. The molecule has 0 unspecified atom stereocenters. The van der Waals surface area contributed by atoms with Crippen LogP contribution in [0.2, 0.25) is 5.02 Å². The molecule has 0 N–H and O–H groups in total. The number of hydrogen-bond donors (Lipinski definition) is 0. The van der Waals surface area contributed by atoms with Crippen molar-refractivity contribution in [2.75, 3.05) is 39.3 Å². The SMILES string of the molecule is CCN(CC)S(=O)(=O)N1CCN(Cc2cn3cc(Cl)ccc3n2)CC1. The summed E-state index contributed by atoms with van der Waals surface area (Å²) in [6, 6.07) is 3.71. The van der Waals surface area contributed by atoms with Crippen LogP contribution in [0.25, 0.3) is 5.65 Å². The van der Waals surface area contributed by atoms with Crippen LogP contribution in [-0.2, 0) is 16.8 Å². The maximum absolute atomic E-state index is 12.6. The van der Waals surface area contributed by atoms with Gasteiger partial charge in [0.15, 0.2) is 0 Å². The number of nitrogens with zero attached hydrogens (tertiary/aromatic N) is 5. The van der Waals surface area contributed by atoms with E-state index in [0.717, 1.165) is 11.3 Å². The van der Waals surface area contributed by atoms with Gasteiger partial charge in [-0.25, -0.2) is 4.98 Å². The molecule has 0 bridgehead atoms. The van der Waals surface area contributed by atoms with Crippen molar-refractivity contribution >= 4 is 27.5 Å². The average Bonchev–Trinajstić information content (AvgIpc) is 2.97. The molecule has 25 heavy (non-hydrogen) atoms. The van der Waals surface area contributed by atoms with Crippen LogP contribution in [0.4, 0.5) is 0 Å². The molecule has 1 aliphatic rings. The summed E-state index contributed by atoms with van der Waals surface area (Å²) in [5, 5.41) is 0.673. The molecular formula is C16H24ClN5O2S. The zero-order valence-corrected chi connectivity index (χ0v) is 16.2. The fourth-order valence-electron chi connectivity index (χ4n) is 3.15. The minimum atomic E-state index is -3.34. The highest BCUT2D eigenvalue weighted by Gasteiger charge is 2.30. The lowest BCUT2D eigenvalue weighted by Crippen LogP contribution is -2.52. The second kappa shape index (κ2) is 7.59. The predicted molar refractivity (Wildman–Crippen MR) is 98.9 cm³/mol. The minimum Gasteiger partial charge on any atom is -0.305 e. The Bertz CT molecular complexity index is 826. The number of aromatic nitrogens is 2. The van der Waals surface area contributed by atoms with Crippen LogP contribution in [0, 0.1) is 0 Å². The van der Waals surface area contributed by atoms with Gasteiger partial charge in [0.05, 0.1) is 10.7 Å². The Morgan fingerprint density at radius 1 is 1.12 bits per heavy atom. The van der Waals surface area contributed by atoms with Crippen molar-refractivity contribution in [2.24, 2.45) is 0 Å². The van der Waals surface area contributed by atoms with Gasteiger partial charge >= 0.3 is 0 Å². The molecule has 0 amide bonds. The number of fused-ring (bicyclic) bond motifs is 1. The van der Waals surface area contributed by atoms with Crippen LogP contribution < -0.4 is 0 Å². The lowest BCUT2D eigenvalue weighted by Gasteiger charge is -2.36. The molecule has 0 aliphatic carbocycles. The maximum atomic E-state index is 12.6. The molecule has 0 aromatic carbocycles. The van der Waals surface area contributed by atoms with E-state index in [1.54, 1.807) is 4.31 Å². The summed E-state index contributed by atoms with van der Waals surface area (Å²) in [6.45, 7) is 7.88. The first-order valence-electron chi connectivity index (χ1n) is 8.54. The molecule has 3 rings (SSSR count). The molecule has 2 aromatic rings. The molecular weight excluding hydrogens is 362 g/mol. The first-order chi connectivity index (χ1) is 11.9. The second-order valence-electron chi connectivity index (χ2n) is 6.11. The lowest BCUT2D eigenvalue weighted by molar-refractivity contribution is 0.174. The standard InChI is InChI=1S/C16H24ClN5O2S/c1-3-21(4-2)25(23,24)22-9-7-19(8-10-22)12-15-13-20-11-14(17)5-6-16(20)18-15/h5-6,11,13H,3-4,7-10,12H2,1-2H3. The second-order valence-corrected chi connectivity index (χ2v) is 8.48. The van der Waals surface area contributed by atoms with E-state index >= 15 is 0 Å². The van der Waals surface area contributed by atoms with E-state index in [1.165, 1.54) is 4.31 Å². The van der Waals surface area contributed by atoms with Crippen molar-refractivity contribution in [1.29, 1.82) is 0 Å². The first kappa shape index (κ1) is 18.6. The third kappa shape index (κ3) is 3.98.